The number of ether oxygens (including phenoxy) is 2. The molecule has 1 aromatic rings. The van der Waals surface area contributed by atoms with Gasteiger partial charge in [-0.2, -0.15) is 0 Å². The van der Waals surface area contributed by atoms with Gasteiger partial charge in [-0.3, -0.25) is 4.79 Å². The van der Waals surface area contributed by atoms with Gasteiger partial charge < -0.3 is 14.5 Å². The average molecular weight is 265 g/mol. The van der Waals surface area contributed by atoms with Crippen molar-refractivity contribution in [1.82, 2.24) is 4.98 Å². The summed E-state index contributed by atoms with van der Waals surface area (Å²) in [5.74, 6) is -0.592. The zero-order valence-corrected chi connectivity index (χ0v) is 11.4. The normalized spacial score (nSPS) is 11.5. The maximum Gasteiger partial charge on any atom is 0.516 e. The Hall–Kier alpha value is -2.04. The maximum atomic E-state index is 11.3. The molecule has 0 fully saturated rings. The number of carbonyl (C=O) groups is 2. The summed E-state index contributed by atoms with van der Waals surface area (Å²) >= 11 is 0. The molecule has 0 aliphatic heterocycles. The van der Waals surface area contributed by atoms with Crippen LogP contribution < -0.4 is 0 Å². The van der Waals surface area contributed by atoms with Crippen LogP contribution in [0, 0.1) is 0 Å². The number of H-pyrrole nitrogens is 1. The third-order valence-corrected chi connectivity index (χ3v) is 2.02. The standard InChI is InChI=1S/C14H19NO4/c1-14(2,3)19-13(17)18-12(16)9-5-4-7-11-8-6-10-15-11/h4,6-8,10,15H,5,9H2,1-3H3. The first-order valence-electron chi connectivity index (χ1n) is 6.10. The molecule has 0 bridgehead atoms. The molecule has 104 valence electrons. The molecule has 5 nitrogen and oxygen atoms in total. The third-order valence-electron chi connectivity index (χ3n) is 2.02. The van der Waals surface area contributed by atoms with Crippen LogP contribution in [0.4, 0.5) is 4.79 Å². The first kappa shape index (κ1) is 15.0. The molecule has 1 rings (SSSR count). The Bertz CT molecular complexity index is 441. The van der Waals surface area contributed by atoms with Gasteiger partial charge in [0.2, 0.25) is 0 Å². The molecule has 0 aliphatic rings. The van der Waals surface area contributed by atoms with Crippen LogP contribution in [0.3, 0.4) is 0 Å². The summed E-state index contributed by atoms with van der Waals surface area (Å²) < 4.78 is 9.39. The highest BCUT2D eigenvalue weighted by Gasteiger charge is 2.19. The molecular formula is C14H19NO4. The largest absolute Gasteiger partial charge is 0.516 e. The van der Waals surface area contributed by atoms with Crippen molar-refractivity contribution in [2.24, 2.45) is 0 Å². The molecule has 0 unspecified atom stereocenters. The van der Waals surface area contributed by atoms with Gasteiger partial charge in [0, 0.05) is 18.3 Å². The molecule has 19 heavy (non-hydrogen) atoms. The number of allylic oxidation sites excluding steroid dienone is 1. The highest BCUT2D eigenvalue weighted by Crippen LogP contribution is 2.09. The van der Waals surface area contributed by atoms with Crippen LogP contribution in [0.5, 0.6) is 0 Å². The molecule has 0 aromatic carbocycles. The summed E-state index contributed by atoms with van der Waals surface area (Å²) in [6, 6.07) is 3.80. The van der Waals surface area contributed by atoms with Gasteiger partial charge >= 0.3 is 12.1 Å². The molecule has 1 N–H and O–H groups in total. The number of aromatic amines is 1. The predicted octanol–water partition coefficient (Wildman–Crippen LogP) is 3.29. The molecule has 0 spiro atoms. The van der Waals surface area contributed by atoms with Crippen molar-refractivity contribution in [1.29, 1.82) is 0 Å². The van der Waals surface area contributed by atoms with E-state index in [9.17, 15) is 9.59 Å². The number of nitrogens with one attached hydrogen (secondary N) is 1. The van der Waals surface area contributed by atoms with E-state index in [4.69, 9.17) is 4.74 Å². The van der Waals surface area contributed by atoms with Crippen LogP contribution in [0.1, 0.15) is 39.3 Å². The van der Waals surface area contributed by atoms with Crippen LogP contribution in [0.2, 0.25) is 0 Å². The van der Waals surface area contributed by atoms with E-state index >= 15 is 0 Å². The van der Waals surface area contributed by atoms with Crippen molar-refractivity contribution in [3.63, 3.8) is 0 Å². The fourth-order valence-corrected chi connectivity index (χ4v) is 1.27. The van der Waals surface area contributed by atoms with Gasteiger partial charge in [0.25, 0.3) is 0 Å². The highest BCUT2D eigenvalue weighted by molar-refractivity contribution is 5.82. The van der Waals surface area contributed by atoms with E-state index in [1.165, 1.54) is 0 Å². The van der Waals surface area contributed by atoms with Gasteiger partial charge in [0.05, 0.1) is 0 Å². The van der Waals surface area contributed by atoms with Crippen LogP contribution in [0.15, 0.2) is 24.4 Å². The monoisotopic (exact) mass is 265 g/mol. The summed E-state index contributed by atoms with van der Waals surface area (Å²) in [5.41, 5.74) is 0.297. The second kappa shape index (κ2) is 6.78. The topological polar surface area (TPSA) is 68.4 Å². The zero-order valence-electron chi connectivity index (χ0n) is 11.4. The van der Waals surface area contributed by atoms with E-state index in [1.807, 2.05) is 30.5 Å². The smallest absolute Gasteiger partial charge is 0.428 e. The summed E-state index contributed by atoms with van der Waals surface area (Å²) in [7, 11) is 0. The molecule has 1 heterocycles. The van der Waals surface area contributed by atoms with Crippen molar-refractivity contribution >= 4 is 18.2 Å². The van der Waals surface area contributed by atoms with Gasteiger partial charge in [0.1, 0.15) is 5.60 Å². The molecule has 5 heteroatoms. The molecule has 0 radical (unpaired) electrons. The van der Waals surface area contributed by atoms with E-state index in [0.29, 0.717) is 6.42 Å². The van der Waals surface area contributed by atoms with E-state index in [0.717, 1.165) is 5.69 Å². The van der Waals surface area contributed by atoms with Gasteiger partial charge in [-0.1, -0.05) is 6.08 Å². The quantitative estimate of drug-likeness (QED) is 0.670. The highest BCUT2D eigenvalue weighted by atomic mass is 16.7. The summed E-state index contributed by atoms with van der Waals surface area (Å²) in [6.45, 7) is 5.12. The Morgan fingerprint density at radius 3 is 2.68 bits per heavy atom. The Kier molecular flexibility index (Phi) is 5.36. The summed E-state index contributed by atoms with van der Waals surface area (Å²) in [6.07, 6.45) is 5.20. The number of esters is 1. The number of rotatable bonds is 4. The minimum absolute atomic E-state index is 0.135. The minimum Gasteiger partial charge on any atom is -0.428 e. The van der Waals surface area contributed by atoms with Crippen LogP contribution in [0.25, 0.3) is 6.08 Å². The van der Waals surface area contributed by atoms with Crippen molar-refractivity contribution in [3.05, 3.63) is 30.1 Å². The molecule has 0 aliphatic carbocycles. The number of hydrogen-bond donors (Lipinski definition) is 1. The zero-order chi connectivity index (χ0) is 14.3. The van der Waals surface area contributed by atoms with Crippen molar-refractivity contribution < 1.29 is 19.1 Å². The average Bonchev–Trinajstić information content (AvgIpc) is 2.74. The number of hydrogen-bond acceptors (Lipinski definition) is 4. The number of carbonyl (C=O) groups excluding carboxylic acids is 2. The lowest BCUT2D eigenvalue weighted by Gasteiger charge is -2.17. The molecule has 0 saturated carbocycles. The summed E-state index contributed by atoms with van der Waals surface area (Å²) in [4.78, 5) is 25.5. The molecule has 0 saturated heterocycles. The van der Waals surface area contributed by atoms with Crippen molar-refractivity contribution in [2.75, 3.05) is 0 Å². The Labute approximate surface area is 112 Å². The second-order valence-electron chi connectivity index (χ2n) is 5.01. The first-order valence-corrected chi connectivity index (χ1v) is 6.10. The fraction of sp³-hybridized carbons (Fsp3) is 0.429. The second-order valence-corrected chi connectivity index (χ2v) is 5.01. The number of aromatic nitrogens is 1. The Balaban J connectivity index is 2.23. The van der Waals surface area contributed by atoms with E-state index < -0.39 is 17.7 Å². The van der Waals surface area contributed by atoms with Crippen molar-refractivity contribution in [3.8, 4) is 0 Å². The fourth-order valence-electron chi connectivity index (χ4n) is 1.27. The lowest BCUT2D eigenvalue weighted by molar-refractivity contribution is -0.141. The maximum absolute atomic E-state index is 11.3. The third kappa shape index (κ3) is 7.08. The van der Waals surface area contributed by atoms with E-state index in [2.05, 4.69) is 9.72 Å². The van der Waals surface area contributed by atoms with Crippen LogP contribution in [-0.2, 0) is 14.3 Å². The minimum atomic E-state index is -0.953. The first-order chi connectivity index (χ1) is 8.87. The molecule has 1 aromatic heterocycles. The van der Waals surface area contributed by atoms with Gasteiger partial charge in [-0.25, -0.2) is 4.79 Å². The van der Waals surface area contributed by atoms with Crippen molar-refractivity contribution in [2.45, 2.75) is 39.2 Å². The molecule has 0 atom stereocenters. The van der Waals surface area contributed by atoms with E-state index in [-0.39, 0.29) is 6.42 Å². The predicted molar refractivity (Wildman–Crippen MR) is 71.4 cm³/mol. The van der Waals surface area contributed by atoms with Crippen LogP contribution >= 0.6 is 0 Å². The lowest BCUT2D eigenvalue weighted by Crippen LogP contribution is -2.26. The van der Waals surface area contributed by atoms with Gasteiger partial charge in [-0.05, 0) is 45.4 Å². The van der Waals surface area contributed by atoms with Crippen LogP contribution in [-0.4, -0.2) is 22.7 Å². The lowest BCUT2D eigenvalue weighted by atomic mass is 10.2. The summed E-state index contributed by atoms with van der Waals surface area (Å²) in [5, 5.41) is 0. The SMILES string of the molecule is CC(C)(C)OC(=O)OC(=O)CCC=Cc1ccc[nH]1. The van der Waals surface area contributed by atoms with Gasteiger partial charge in [0.15, 0.2) is 0 Å². The van der Waals surface area contributed by atoms with Gasteiger partial charge in [-0.15, -0.1) is 0 Å². The molecule has 0 amide bonds. The Morgan fingerprint density at radius 2 is 2.11 bits per heavy atom. The Morgan fingerprint density at radius 1 is 1.37 bits per heavy atom. The van der Waals surface area contributed by atoms with E-state index in [1.54, 1.807) is 20.8 Å². The molecular weight excluding hydrogens is 246 g/mol.